The van der Waals surface area contributed by atoms with Crippen molar-refractivity contribution >= 4 is 30.6 Å². The number of aromatic nitrogens is 1. The zero-order valence-electron chi connectivity index (χ0n) is 7.31. The lowest BCUT2D eigenvalue weighted by Crippen LogP contribution is -1.95. The van der Waals surface area contributed by atoms with Gasteiger partial charge in [-0.15, -0.1) is 0 Å². The molecule has 0 atom stereocenters. The number of rotatable bonds is 1. The summed E-state index contributed by atoms with van der Waals surface area (Å²) in [5.41, 5.74) is 0.0486. The molecule has 1 aromatic heterocycles. The summed E-state index contributed by atoms with van der Waals surface area (Å²) in [5.74, 6) is -0.526. The van der Waals surface area contributed by atoms with Gasteiger partial charge in [0, 0.05) is 22.3 Å². The molecule has 78 valence electrons. The van der Waals surface area contributed by atoms with E-state index in [-0.39, 0.29) is 15.8 Å². The predicted molar refractivity (Wildman–Crippen MR) is 54.7 cm³/mol. The Bertz CT molecular complexity index is 627. The van der Waals surface area contributed by atoms with Crippen LogP contribution in [-0.2, 0) is 9.05 Å². The summed E-state index contributed by atoms with van der Waals surface area (Å²) in [7, 11) is 1.30. The number of hydrogen-bond acceptors (Lipinski definition) is 3. The van der Waals surface area contributed by atoms with Crippen LogP contribution in [0.2, 0.25) is 0 Å². The van der Waals surface area contributed by atoms with Crippen LogP contribution in [-0.4, -0.2) is 13.4 Å². The Morgan fingerprint density at radius 2 is 2.00 bits per heavy atom. The first-order valence-corrected chi connectivity index (χ1v) is 6.29. The molecular formula is C9H5ClFNO2S. The van der Waals surface area contributed by atoms with Gasteiger partial charge in [-0.25, -0.2) is 12.8 Å². The molecular weight excluding hydrogens is 241 g/mol. The first-order valence-electron chi connectivity index (χ1n) is 3.98. The van der Waals surface area contributed by atoms with Crippen LogP contribution in [0, 0.1) is 5.82 Å². The summed E-state index contributed by atoms with van der Waals surface area (Å²) >= 11 is 0. The SMILES string of the molecule is O=S(=O)(Cl)c1ccc(F)c2cccnc12. The molecule has 0 radical (unpaired) electrons. The lowest BCUT2D eigenvalue weighted by atomic mass is 10.2. The van der Waals surface area contributed by atoms with Gasteiger partial charge in [0.2, 0.25) is 0 Å². The van der Waals surface area contributed by atoms with E-state index >= 15 is 0 Å². The lowest BCUT2D eigenvalue weighted by Gasteiger charge is -2.02. The number of pyridine rings is 1. The van der Waals surface area contributed by atoms with Crippen molar-refractivity contribution in [1.29, 1.82) is 0 Å². The van der Waals surface area contributed by atoms with Crippen LogP contribution in [0.1, 0.15) is 0 Å². The molecule has 0 spiro atoms. The maximum Gasteiger partial charge on any atom is 0.263 e. The summed E-state index contributed by atoms with van der Waals surface area (Å²) in [4.78, 5) is 3.63. The third-order valence-electron chi connectivity index (χ3n) is 1.94. The van der Waals surface area contributed by atoms with Gasteiger partial charge in [-0.05, 0) is 24.3 Å². The minimum absolute atomic E-state index is 0.0486. The molecule has 0 saturated heterocycles. The molecule has 0 saturated carbocycles. The summed E-state index contributed by atoms with van der Waals surface area (Å²) in [6, 6.07) is 5.13. The monoisotopic (exact) mass is 245 g/mol. The van der Waals surface area contributed by atoms with Gasteiger partial charge in [0.1, 0.15) is 10.7 Å². The van der Waals surface area contributed by atoms with Gasteiger partial charge < -0.3 is 0 Å². The second-order valence-corrected chi connectivity index (χ2v) is 5.42. The van der Waals surface area contributed by atoms with Crippen molar-refractivity contribution in [3.63, 3.8) is 0 Å². The topological polar surface area (TPSA) is 47.0 Å². The molecule has 0 amide bonds. The average Bonchev–Trinajstić information content (AvgIpc) is 2.17. The van der Waals surface area contributed by atoms with E-state index in [1.165, 1.54) is 18.3 Å². The summed E-state index contributed by atoms with van der Waals surface area (Å²) in [5, 5.41) is 0.138. The molecule has 0 fully saturated rings. The molecule has 0 unspecified atom stereocenters. The van der Waals surface area contributed by atoms with Crippen molar-refractivity contribution in [1.82, 2.24) is 4.98 Å². The van der Waals surface area contributed by atoms with E-state index < -0.39 is 14.9 Å². The standard InChI is InChI=1S/C9H5ClFNO2S/c10-15(13,14)8-4-3-7(11)6-2-1-5-12-9(6)8/h1-5H. The van der Waals surface area contributed by atoms with Crippen molar-refractivity contribution in [2.75, 3.05) is 0 Å². The van der Waals surface area contributed by atoms with Crippen LogP contribution in [0.5, 0.6) is 0 Å². The Labute approximate surface area is 89.9 Å². The highest BCUT2D eigenvalue weighted by molar-refractivity contribution is 8.14. The number of nitrogens with zero attached hydrogens (tertiary/aromatic N) is 1. The Kier molecular flexibility index (Phi) is 2.36. The Hall–Kier alpha value is -1.20. The molecule has 3 nitrogen and oxygen atoms in total. The van der Waals surface area contributed by atoms with Crippen LogP contribution in [0.15, 0.2) is 35.4 Å². The fourth-order valence-electron chi connectivity index (χ4n) is 1.31. The predicted octanol–water partition coefficient (Wildman–Crippen LogP) is 2.30. The van der Waals surface area contributed by atoms with E-state index in [1.54, 1.807) is 0 Å². The van der Waals surface area contributed by atoms with E-state index in [2.05, 4.69) is 4.98 Å². The maximum absolute atomic E-state index is 13.3. The summed E-state index contributed by atoms with van der Waals surface area (Å²) in [6.07, 6.45) is 1.38. The van der Waals surface area contributed by atoms with Gasteiger partial charge in [-0.1, -0.05) is 0 Å². The van der Waals surface area contributed by atoms with Gasteiger partial charge in [0.15, 0.2) is 0 Å². The molecule has 0 aliphatic carbocycles. The summed E-state index contributed by atoms with van der Waals surface area (Å²) < 4.78 is 35.6. The van der Waals surface area contributed by atoms with Crippen molar-refractivity contribution in [2.24, 2.45) is 0 Å². The molecule has 0 bridgehead atoms. The zero-order valence-corrected chi connectivity index (χ0v) is 8.89. The normalized spacial score (nSPS) is 11.9. The summed E-state index contributed by atoms with van der Waals surface area (Å²) in [6.45, 7) is 0. The molecule has 6 heteroatoms. The highest BCUT2D eigenvalue weighted by Crippen LogP contribution is 2.25. The third-order valence-corrected chi connectivity index (χ3v) is 3.30. The molecule has 2 rings (SSSR count). The molecule has 1 aromatic carbocycles. The third kappa shape index (κ3) is 1.80. The Balaban J connectivity index is 2.96. The first kappa shape index (κ1) is 10.3. The van der Waals surface area contributed by atoms with Gasteiger partial charge in [0.25, 0.3) is 9.05 Å². The van der Waals surface area contributed by atoms with Crippen molar-refractivity contribution in [3.8, 4) is 0 Å². The number of benzene rings is 1. The number of fused-ring (bicyclic) bond motifs is 1. The second kappa shape index (κ2) is 3.43. The van der Waals surface area contributed by atoms with E-state index in [9.17, 15) is 12.8 Å². The van der Waals surface area contributed by atoms with Gasteiger partial charge >= 0.3 is 0 Å². The molecule has 2 aromatic rings. The van der Waals surface area contributed by atoms with E-state index in [0.29, 0.717) is 0 Å². The van der Waals surface area contributed by atoms with Gasteiger partial charge in [-0.3, -0.25) is 4.98 Å². The fraction of sp³-hybridized carbons (Fsp3) is 0. The van der Waals surface area contributed by atoms with Crippen molar-refractivity contribution in [3.05, 3.63) is 36.3 Å². The molecule has 0 aliphatic heterocycles. The van der Waals surface area contributed by atoms with Crippen LogP contribution in [0.4, 0.5) is 4.39 Å². The van der Waals surface area contributed by atoms with Gasteiger partial charge in [-0.2, -0.15) is 0 Å². The van der Waals surface area contributed by atoms with Crippen LogP contribution < -0.4 is 0 Å². The Morgan fingerprint density at radius 1 is 1.27 bits per heavy atom. The van der Waals surface area contributed by atoms with Crippen LogP contribution >= 0.6 is 10.7 Å². The molecule has 1 heterocycles. The number of halogens is 2. The lowest BCUT2D eigenvalue weighted by molar-refractivity contribution is 0.609. The average molecular weight is 246 g/mol. The first-order chi connectivity index (χ1) is 7.00. The molecule has 0 aliphatic rings. The van der Waals surface area contributed by atoms with Crippen LogP contribution in [0.25, 0.3) is 10.9 Å². The minimum Gasteiger partial charge on any atom is -0.255 e. The van der Waals surface area contributed by atoms with E-state index in [0.717, 1.165) is 12.1 Å². The Morgan fingerprint density at radius 3 is 2.67 bits per heavy atom. The maximum atomic E-state index is 13.3. The molecule has 15 heavy (non-hydrogen) atoms. The highest BCUT2D eigenvalue weighted by Gasteiger charge is 2.16. The van der Waals surface area contributed by atoms with E-state index in [1.807, 2.05) is 0 Å². The molecule has 0 N–H and O–H groups in total. The quantitative estimate of drug-likeness (QED) is 0.725. The van der Waals surface area contributed by atoms with E-state index in [4.69, 9.17) is 10.7 Å². The zero-order chi connectivity index (χ0) is 11.1. The van der Waals surface area contributed by atoms with Crippen LogP contribution in [0.3, 0.4) is 0 Å². The van der Waals surface area contributed by atoms with Gasteiger partial charge in [0.05, 0.1) is 5.52 Å². The fourth-order valence-corrected chi connectivity index (χ4v) is 2.31. The van der Waals surface area contributed by atoms with Crippen molar-refractivity contribution in [2.45, 2.75) is 4.90 Å². The van der Waals surface area contributed by atoms with Crippen molar-refractivity contribution < 1.29 is 12.8 Å². The number of hydrogen-bond donors (Lipinski definition) is 0. The highest BCUT2D eigenvalue weighted by atomic mass is 35.7. The second-order valence-electron chi connectivity index (χ2n) is 2.88. The largest absolute Gasteiger partial charge is 0.263 e. The minimum atomic E-state index is -3.90. The smallest absolute Gasteiger partial charge is 0.255 e.